The summed E-state index contributed by atoms with van der Waals surface area (Å²) in [6.45, 7) is 0. The highest BCUT2D eigenvalue weighted by Gasteiger charge is 2.19. The Morgan fingerprint density at radius 2 is 0.821 bits per heavy atom. The molecule has 4 nitrogen and oxygen atoms in total. The van der Waals surface area contributed by atoms with Crippen molar-refractivity contribution in [2.24, 2.45) is 0 Å². The number of benzene rings is 9. The lowest BCUT2D eigenvalue weighted by Gasteiger charge is -2.25. The van der Waals surface area contributed by atoms with Crippen molar-refractivity contribution >= 4 is 104 Å². The Morgan fingerprint density at radius 1 is 0.375 bits per heavy atom. The first-order valence-electron chi connectivity index (χ1n) is 18.8. The van der Waals surface area contributed by atoms with Crippen LogP contribution in [0.25, 0.3) is 97.3 Å². The number of rotatable bonds is 5. The zero-order valence-electron chi connectivity index (χ0n) is 29.9. The van der Waals surface area contributed by atoms with Crippen LogP contribution in [0.3, 0.4) is 0 Å². The summed E-state index contributed by atoms with van der Waals surface area (Å²) in [5.41, 5.74) is 10.9. The standard InChI is InChI=1S/C51H30N2O2S/c1-3-9-36-27-46-43(25-34(36)7-1)41-23-21-39(29-48(41)54-46)53(40-22-24-42-44-26-35-8-2-4-10-37(35)28-47(44)55-49(42)30-40)38-19-17-32(18-20-38)31-13-15-33(16-14-31)51-52-45-11-5-6-12-50(45)56-51/h1-30H. The maximum atomic E-state index is 6.56. The van der Waals surface area contributed by atoms with Crippen LogP contribution < -0.4 is 4.90 Å². The highest BCUT2D eigenvalue weighted by molar-refractivity contribution is 7.21. The maximum Gasteiger partial charge on any atom is 0.137 e. The third kappa shape index (κ3) is 5.02. The second-order valence-electron chi connectivity index (χ2n) is 14.4. The van der Waals surface area contributed by atoms with Gasteiger partial charge in [-0.3, -0.25) is 0 Å². The van der Waals surface area contributed by atoms with Gasteiger partial charge in [-0.15, -0.1) is 11.3 Å². The van der Waals surface area contributed by atoms with Crippen LogP contribution in [0.4, 0.5) is 17.1 Å². The van der Waals surface area contributed by atoms with Crippen LogP contribution in [0.1, 0.15) is 0 Å². The van der Waals surface area contributed by atoms with Gasteiger partial charge in [0.15, 0.2) is 0 Å². The lowest BCUT2D eigenvalue weighted by molar-refractivity contribution is 0.669. The monoisotopic (exact) mass is 734 g/mol. The average molecular weight is 735 g/mol. The molecule has 0 spiro atoms. The van der Waals surface area contributed by atoms with Crippen molar-refractivity contribution in [2.45, 2.75) is 0 Å². The molecule has 0 fully saturated rings. The van der Waals surface area contributed by atoms with E-state index in [1.807, 2.05) is 6.07 Å². The minimum Gasteiger partial charge on any atom is -0.456 e. The molecule has 3 heterocycles. The number of hydrogen-bond donors (Lipinski definition) is 0. The summed E-state index contributed by atoms with van der Waals surface area (Å²) in [6.07, 6.45) is 0. The number of para-hydroxylation sites is 1. The molecular formula is C51H30N2O2S. The van der Waals surface area contributed by atoms with Crippen LogP contribution in [-0.2, 0) is 0 Å². The van der Waals surface area contributed by atoms with E-state index in [9.17, 15) is 0 Å². The first-order valence-corrected chi connectivity index (χ1v) is 19.6. The summed E-state index contributed by atoms with van der Waals surface area (Å²) >= 11 is 1.73. The van der Waals surface area contributed by atoms with E-state index < -0.39 is 0 Å². The Hall–Kier alpha value is -7.21. The Labute approximate surface area is 325 Å². The van der Waals surface area contributed by atoms with Crippen molar-refractivity contribution < 1.29 is 8.83 Å². The summed E-state index contributed by atoms with van der Waals surface area (Å²) in [7, 11) is 0. The molecule has 0 aliphatic heterocycles. The van der Waals surface area contributed by atoms with E-state index >= 15 is 0 Å². The van der Waals surface area contributed by atoms with E-state index in [0.29, 0.717) is 0 Å². The van der Waals surface area contributed by atoms with Gasteiger partial charge in [0, 0.05) is 56.3 Å². The van der Waals surface area contributed by atoms with Gasteiger partial charge in [0.05, 0.1) is 10.2 Å². The number of fused-ring (bicyclic) bond motifs is 9. The fourth-order valence-corrected chi connectivity index (χ4v) is 9.20. The Morgan fingerprint density at radius 3 is 1.38 bits per heavy atom. The van der Waals surface area contributed by atoms with Gasteiger partial charge in [-0.1, -0.05) is 97.1 Å². The Kier molecular flexibility index (Phi) is 6.76. The largest absolute Gasteiger partial charge is 0.456 e. The van der Waals surface area contributed by atoms with E-state index in [1.54, 1.807) is 11.3 Å². The second kappa shape index (κ2) is 12.2. The van der Waals surface area contributed by atoms with Crippen molar-refractivity contribution in [3.63, 3.8) is 0 Å². The molecule has 0 aliphatic rings. The van der Waals surface area contributed by atoms with Gasteiger partial charge in [0.25, 0.3) is 0 Å². The fraction of sp³-hybridized carbons (Fsp3) is 0. The molecule has 0 saturated carbocycles. The predicted molar refractivity (Wildman–Crippen MR) is 235 cm³/mol. The van der Waals surface area contributed by atoms with Crippen molar-refractivity contribution in [3.05, 3.63) is 182 Å². The van der Waals surface area contributed by atoms with E-state index in [4.69, 9.17) is 13.8 Å². The van der Waals surface area contributed by atoms with Crippen LogP contribution >= 0.6 is 11.3 Å². The number of thiazole rings is 1. The first kappa shape index (κ1) is 31.2. The maximum absolute atomic E-state index is 6.56. The molecule has 0 radical (unpaired) electrons. The summed E-state index contributed by atoms with van der Waals surface area (Å²) in [5, 5.41) is 10.2. The van der Waals surface area contributed by atoms with Crippen LogP contribution in [0.2, 0.25) is 0 Å². The van der Waals surface area contributed by atoms with Crippen LogP contribution in [0.15, 0.2) is 191 Å². The van der Waals surface area contributed by atoms with Crippen LogP contribution in [0.5, 0.6) is 0 Å². The van der Waals surface area contributed by atoms with E-state index in [1.165, 1.54) is 26.2 Å². The molecule has 0 saturated heterocycles. The fourth-order valence-electron chi connectivity index (χ4n) is 8.23. The highest BCUT2D eigenvalue weighted by atomic mass is 32.1. The second-order valence-corrected chi connectivity index (χ2v) is 15.4. The number of hydrogen-bond acceptors (Lipinski definition) is 5. The molecule has 9 aromatic carbocycles. The quantitative estimate of drug-likeness (QED) is 0.177. The average Bonchev–Trinajstić information content (AvgIpc) is 3.95. The van der Waals surface area contributed by atoms with E-state index in [-0.39, 0.29) is 0 Å². The normalized spacial score (nSPS) is 11.9. The molecule has 12 aromatic rings. The predicted octanol–water partition coefficient (Wildman–Crippen LogP) is 15.2. The first-order chi connectivity index (χ1) is 27.7. The van der Waals surface area contributed by atoms with Gasteiger partial charge in [0.2, 0.25) is 0 Å². The van der Waals surface area contributed by atoms with Gasteiger partial charge in [-0.25, -0.2) is 4.98 Å². The number of anilines is 3. The molecule has 0 N–H and O–H groups in total. The third-order valence-electron chi connectivity index (χ3n) is 11.0. The van der Waals surface area contributed by atoms with E-state index in [0.717, 1.165) is 88.2 Å². The summed E-state index contributed by atoms with van der Waals surface area (Å²) in [5.74, 6) is 0. The van der Waals surface area contributed by atoms with Crippen molar-refractivity contribution in [3.8, 4) is 21.7 Å². The van der Waals surface area contributed by atoms with Gasteiger partial charge >= 0.3 is 0 Å². The minimum absolute atomic E-state index is 0.846. The molecule has 0 aliphatic carbocycles. The number of nitrogens with zero attached hydrogens (tertiary/aromatic N) is 2. The zero-order chi connectivity index (χ0) is 36.7. The Bertz CT molecular complexity index is 3300. The van der Waals surface area contributed by atoms with E-state index in [2.05, 4.69) is 181 Å². The van der Waals surface area contributed by atoms with Crippen molar-refractivity contribution in [1.29, 1.82) is 0 Å². The van der Waals surface area contributed by atoms with Gasteiger partial charge in [-0.05, 0) is 105 Å². The topological polar surface area (TPSA) is 42.4 Å². The van der Waals surface area contributed by atoms with Crippen molar-refractivity contribution in [1.82, 2.24) is 4.98 Å². The molecule has 0 bridgehead atoms. The lowest BCUT2D eigenvalue weighted by Crippen LogP contribution is -2.09. The summed E-state index contributed by atoms with van der Waals surface area (Å²) in [4.78, 5) is 7.15. The molecule has 0 amide bonds. The summed E-state index contributed by atoms with van der Waals surface area (Å²) in [6, 6.07) is 64.5. The van der Waals surface area contributed by atoms with Gasteiger partial charge in [-0.2, -0.15) is 0 Å². The molecule has 0 atom stereocenters. The van der Waals surface area contributed by atoms with Gasteiger partial charge in [0.1, 0.15) is 27.3 Å². The molecule has 5 heteroatoms. The van der Waals surface area contributed by atoms with Gasteiger partial charge < -0.3 is 13.7 Å². The third-order valence-corrected chi connectivity index (χ3v) is 12.1. The molecule has 56 heavy (non-hydrogen) atoms. The number of furan rings is 2. The molecule has 3 aromatic heterocycles. The SMILES string of the molecule is c1ccc2cc3c(cc2c1)oc1cc(N(c2ccc(-c4ccc(-c5nc6ccccc6s5)cc4)cc2)c2ccc4c(c2)oc2cc5ccccc5cc24)ccc13. The Balaban J connectivity index is 0.964. The lowest BCUT2D eigenvalue weighted by atomic mass is 10.0. The summed E-state index contributed by atoms with van der Waals surface area (Å²) < 4.78 is 14.3. The highest BCUT2D eigenvalue weighted by Crippen LogP contribution is 2.42. The van der Waals surface area contributed by atoms with Crippen LogP contribution in [-0.4, -0.2) is 4.98 Å². The van der Waals surface area contributed by atoms with Crippen molar-refractivity contribution in [2.75, 3.05) is 4.90 Å². The van der Waals surface area contributed by atoms with Crippen LogP contribution in [0, 0.1) is 0 Å². The molecule has 262 valence electrons. The molecular weight excluding hydrogens is 705 g/mol. The number of aromatic nitrogens is 1. The minimum atomic E-state index is 0.846. The molecule has 0 unspecified atom stereocenters. The smallest absolute Gasteiger partial charge is 0.137 e. The molecule has 12 rings (SSSR count). The zero-order valence-corrected chi connectivity index (χ0v) is 30.8.